The first-order valence-corrected chi connectivity index (χ1v) is 5.37. The summed E-state index contributed by atoms with van der Waals surface area (Å²) in [6, 6.07) is 3.92. The zero-order valence-corrected chi connectivity index (χ0v) is 9.70. The molecule has 1 heterocycles. The topological polar surface area (TPSA) is 96.7 Å². The summed E-state index contributed by atoms with van der Waals surface area (Å²) in [7, 11) is 0. The second-order valence-electron chi connectivity index (χ2n) is 3.65. The second-order valence-corrected chi connectivity index (χ2v) is 3.65. The molecule has 94 valence electrons. The maximum atomic E-state index is 13.4. The number of hydrogen-bond acceptors (Lipinski definition) is 4. The lowest BCUT2D eigenvalue weighted by Crippen LogP contribution is -2.15. The molecular weight excluding hydrogens is 237 g/mol. The molecule has 7 heteroatoms. The number of carbonyl (C=O) groups excluding carboxylic acids is 1. The van der Waals surface area contributed by atoms with Gasteiger partial charge in [-0.15, -0.1) is 5.10 Å². The van der Waals surface area contributed by atoms with Gasteiger partial charge in [0.25, 0.3) is 5.91 Å². The minimum atomic E-state index is -0.588. The SMILES string of the molecule is CCc1nc(C(=O)Nc2cc(N)ccc2F)n[nH]1. The first-order valence-electron chi connectivity index (χ1n) is 5.37. The summed E-state index contributed by atoms with van der Waals surface area (Å²) in [6.07, 6.45) is 0.632. The second kappa shape index (κ2) is 4.82. The predicted octanol–water partition coefficient (Wildman–Crippen LogP) is 1.34. The molecule has 0 unspecified atom stereocenters. The molecule has 0 radical (unpaired) electrons. The highest BCUT2D eigenvalue weighted by atomic mass is 19.1. The number of nitrogens with zero attached hydrogens (tertiary/aromatic N) is 2. The number of hydrogen-bond donors (Lipinski definition) is 3. The molecule has 0 aliphatic rings. The van der Waals surface area contributed by atoms with Crippen LogP contribution in [0.4, 0.5) is 15.8 Å². The van der Waals surface area contributed by atoms with Crippen LogP contribution >= 0.6 is 0 Å². The van der Waals surface area contributed by atoms with Gasteiger partial charge >= 0.3 is 0 Å². The number of benzene rings is 1. The maximum absolute atomic E-state index is 13.4. The number of aromatic amines is 1. The van der Waals surface area contributed by atoms with Crippen molar-refractivity contribution < 1.29 is 9.18 Å². The van der Waals surface area contributed by atoms with Crippen molar-refractivity contribution in [2.75, 3.05) is 11.1 Å². The van der Waals surface area contributed by atoms with Crippen molar-refractivity contribution >= 4 is 17.3 Å². The van der Waals surface area contributed by atoms with Gasteiger partial charge in [-0.3, -0.25) is 9.89 Å². The lowest BCUT2D eigenvalue weighted by atomic mass is 10.2. The Bertz CT molecular complexity index is 581. The maximum Gasteiger partial charge on any atom is 0.295 e. The molecule has 2 rings (SSSR count). The zero-order chi connectivity index (χ0) is 13.1. The Hall–Kier alpha value is -2.44. The lowest BCUT2D eigenvalue weighted by molar-refractivity contribution is 0.101. The van der Waals surface area contributed by atoms with Crippen LogP contribution in [-0.2, 0) is 6.42 Å². The molecule has 0 saturated carbocycles. The van der Waals surface area contributed by atoms with Crippen molar-refractivity contribution in [3.63, 3.8) is 0 Å². The van der Waals surface area contributed by atoms with Gasteiger partial charge in [0.2, 0.25) is 5.82 Å². The van der Waals surface area contributed by atoms with Crippen LogP contribution in [0.3, 0.4) is 0 Å². The summed E-state index contributed by atoms with van der Waals surface area (Å²) in [5.74, 6) is -0.596. The Balaban J connectivity index is 2.18. The van der Waals surface area contributed by atoms with Crippen molar-refractivity contribution in [1.82, 2.24) is 15.2 Å². The van der Waals surface area contributed by atoms with Crippen LogP contribution in [0.1, 0.15) is 23.4 Å². The van der Waals surface area contributed by atoms with E-state index in [1.54, 1.807) is 0 Å². The number of rotatable bonds is 3. The van der Waals surface area contributed by atoms with Crippen molar-refractivity contribution in [2.45, 2.75) is 13.3 Å². The van der Waals surface area contributed by atoms with E-state index in [-0.39, 0.29) is 11.5 Å². The van der Waals surface area contributed by atoms with Gasteiger partial charge in [-0.2, -0.15) is 0 Å². The molecule has 4 N–H and O–H groups in total. The zero-order valence-electron chi connectivity index (χ0n) is 9.70. The van der Waals surface area contributed by atoms with E-state index in [4.69, 9.17) is 5.73 Å². The summed E-state index contributed by atoms with van der Waals surface area (Å²) in [6.45, 7) is 1.87. The average molecular weight is 249 g/mol. The summed E-state index contributed by atoms with van der Waals surface area (Å²) in [5, 5.41) is 8.71. The summed E-state index contributed by atoms with van der Waals surface area (Å²) >= 11 is 0. The third-order valence-corrected chi connectivity index (χ3v) is 2.31. The highest BCUT2D eigenvalue weighted by molar-refractivity contribution is 6.01. The number of anilines is 2. The Morgan fingerprint density at radius 2 is 2.33 bits per heavy atom. The molecule has 18 heavy (non-hydrogen) atoms. The molecular formula is C11H12FN5O. The molecule has 0 atom stereocenters. The number of aryl methyl sites for hydroxylation is 1. The average Bonchev–Trinajstić information content (AvgIpc) is 2.82. The van der Waals surface area contributed by atoms with E-state index in [9.17, 15) is 9.18 Å². The molecule has 0 aliphatic heterocycles. The monoisotopic (exact) mass is 249 g/mol. The Morgan fingerprint density at radius 1 is 1.56 bits per heavy atom. The quantitative estimate of drug-likeness (QED) is 0.715. The smallest absolute Gasteiger partial charge is 0.295 e. The van der Waals surface area contributed by atoms with Crippen LogP contribution in [0.25, 0.3) is 0 Å². The van der Waals surface area contributed by atoms with Gasteiger partial charge in [0.1, 0.15) is 11.6 Å². The minimum Gasteiger partial charge on any atom is -0.399 e. The molecule has 1 amide bonds. The van der Waals surface area contributed by atoms with E-state index in [0.29, 0.717) is 17.9 Å². The normalized spacial score (nSPS) is 10.3. The number of carbonyl (C=O) groups is 1. The fourth-order valence-electron chi connectivity index (χ4n) is 1.37. The molecule has 1 aromatic carbocycles. The number of nitrogens with two attached hydrogens (primary N) is 1. The van der Waals surface area contributed by atoms with E-state index in [1.165, 1.54) is 18.2 Å². The Kier molecular flexibility index (Phi) is 3.22. The number of amides is 1. The van der Waals surface area contributed by atoms with Gasteiger partial charge < -0.3 is 11.1 Å². The van der Waals surface area contributed by atoms with E-state index >= 15 is 0 Å². The van der Waals surface area contributed by atoms with Crippen molar-refractivity contribution in [2.24, 2.45) is 0 Å². The summed E-state index contributed by atoms with van der Waals surface area (Å²) in [5.41, 5.74) is 5.87. The third-order valence-electron chi connectivity index (χ3n) is 2.31. The van der Waals surface area contributed by atoms with Crippen LogP contribution in [0.2, 0.25) is 0 Å². The number of nitrogens with one attached hydrogen (secondary N) is 2. The Morgan fingerprint density at radius 3 is 3.00 bits per heavy atom. The van der Waals surface area contributed by atoms with Gasteiger partial charge in [0, 0.05) is 12.1 Å². The molecule has 0 fully saturated rings. The number of H-pyrrole nitrogens is 1. The van der Waals surface area contributed by atoms with E-state index < -0.39 is 11.7 Å². The van der Waals surface area contributed by atoms with Crippen LogP contribution in [0.15, 0.2) is 18.2 Å². The van der Waals surface area contributed by atoms with E-state index in [2.05, 4.69) is 20.5 Å². The first-order chi connectivity index (χ1) is 8.60. The standard InChI is InChI=1S/C11H12FN5O/c1-2-9-15-10(17-16-9)11(18)14-8-5-6(13)3-4-7(8)12/h3-5H,2,13H2,1H3,(H,14,18)(H,15,16,17). The fraction of sp³-hybridized carbons (Fsp3) is 0.182. The predicted molar refractivity (Wildman–Crippen MR) is 64.5 cm³/mol. The fourth-order valence-corrected chi connectivity index (χ4v) is 1.37. The summed E-state index contributed by atoms with van der Waals surface area (Å²) < 4.78 is 13.4. The third kappa shape index (κ3) is 2.45. The van der Waals surface area contributed by atoms with Crippen LogP contribution in [-0.4, -0.2) is 21.1 Å². The summed E-state index contributed by atoms with van der Waals surface area (Å²) in [4.78, 5) is 15.7. The molecule has 0 saturated heterocycles. The Labute approximate surface area is 102 Å². The van der Waals surface area contributed by atoms with Crippen LogP contribution in [0.5, 0.6) is 0 Å². The molecule has 0 aliphatic carbocycles. The van der Waals surface area contributed by atoms with Gasteiger partial charge in [-0.1, -0.05) is 6.92 Å². The van der Waals surface area contributed by atoms with E-state index in [0.717, 1.165) is 0 Å². The van der Waals surface area contributed by atoms with Gasteiger partial charge in [-0.05, 0) is 18.2 Å². The molecule has 6 nitrogen and oxygen atoms in total. The minimum absolute atomic E-state index is 0.00264. The largest absolute Gasteiger partial charge is 0.399 e. The number of halogens is 1. The van der Waals surface area contributed by atoms with Gasteiger partial charge in [0.15, 0.2) is 0 Å². The first kappa shape index (κ1) is 12.0. The molecule has 0 spiro atoms. The molecule has 2 aromatic rings. The number of nitrogen functional groups attached to an aromatic ring is 1. The van der Waals surface area contributed by atoms with E-state index in [1.807, 2.05) is 6.92 Å². The molecule has 1 aromatic heterocycles. The lowest BCUT2D eigenvalue weighted by Gasteiger charge is -2.04. The number of aromatic nitrogens is 3. The van der Waals surface area contributed by atoms with Crippen LogP contribution in [0, 0.1) is 5.82 Å². The highest BCUT2D eigenvalue weighted by Crippen LogP contribution is 2.17. The van der Waals surface area contributed by atoms with Gasteiger partial charge in [0.05, 0.1) is 5.69 Å². The van der Waals surface area contributed by atoms with Gasteiger partial charge in [-0.25, -0.2) is 9.37 Å². The van der Waals surface area contributed by atoms with Crippen molar-refractivity contribution in [3.8, 4) is 0 Å². The van der Waals surface area contributed by atoms with Crippen LogP contribution < -0.4 is 11.1 Å². The van der Waals surface area contributed by atoms with Crippen molar-refractivity contribution in [1.29, 1.82) is 0 Å². The molecule has 0 bridgehead atoms. The van der Waals surface area contributed by atoms with Crippen molar-refractivity contribution in [3.05, 3.63) is 35.7 Å². The highest BCUT2D eigenvalue weighted by Gasteiger charge is 2.14.